The highest BCUT2D eigenvalue weighted by atomic mass is 32.2. The first-order valence-corrected chi connectivity index (χ1v) is 12.6. The summed E-state index contributed by atoms with van der Waals surface area (Å²) in [7, 11) is -3.15. The van der Waals surface area contributed by atoms with Crippen molar-refractivity contribution < 1.29 is 39.6 Å². The van der Waals surface area contributed by atoms with Crippen molar-refractivity contribution in [3.63, 3.8) is 0 Å². The van der Waals surface area contributed by atoms with Gasteiger partial charge in [-0.3, -0.25) is 14.5 Å². The van der Waals surface area contributed by atoms with Crippen LogP contribution >= 0.6 is 0 Å². The van der Waals surface area contributed by atoms with Crippen molar-refractivity contribution in [1.29, 1.82) is 0 Å². The van der Waals surface area contributed by atoms with Crippen LogP contribution in [-0.4, -0.2) is 51.7 Å². The Balaban J connectivity index is 1.56. The van der Waals surface area contributed by atoms with Crippen LogP contribution in [-0.2, 0) is 34.6 Å². The van der Waals surface area contributed by atoms with Gasteiger partial charge in [-0.25, -0.2) is 21.6 Å². The molecule has 0 radical (unpaired) electrons. The molecular weight excluding hydrogens is 540 g/mol. The van der Waals surface area contributed by atoms with Crippen molar-refractivity contribution in [2.45, 2.75) is 49.2 Å². The predicted octanol–water partition coefficient (Wildman–Crippen LogP) is 3.59. The number of hydrogen-bond donors (Lipinski definition) is 1. The molecule has 4 rings (SSSR count). The highest BCUT2D eigenvalue weighted by Crippen LogP contribution is 2.34. The molecule has 1 aliphatic rings. The Bertz CT molecular complexity index is 1460. The standard InChI is InChI=1S/C23H21F6N5O3S/c1-12-16(25)8-20(34(12)38(36,37)15-5-3-14(24)4-6-15)22(35)31-10-13-7-18(30-11-17(13)26)19-9-21(23(27,28)29)32-33(19)2/h3-7,9,11-12,16,20H,8,10H2,1-2H3,(H,31,35). The predicted molar refractivity (Wildman–Crippen MR) is 121 cm³/mol. The largest absolute Gasteiger partial charge is 0.435 e. The van der Waals surface area contributed by atoms with Crippen LogP contribution in [0.25, 0.3) is 11.4 Å². The molecule has 0 saturated carbocycles. The minimum absolute atomic E-state index is 0.0556. The maximum atomic E-state index is 14.6. The Morgan fingerprint density at radius 2 is 1.82 bits per heavy atom. The average molecular weight is 562 g/mol. The Labute approximate surface area is 213 Å². The van der Waals surface area contributed by atoms with Gasteiger partial charge < -0.3 is 5.32 Å². The van der Waals surface area contributed by atoms with Gasteiger partial charge in [-0.1, -0.05) is 0 Å². The van der Waals surface area contributed by atoms with Gasteiger partial charge in [0.15, 0.2) is 5.69 Å². The molecule has 1 N–H and O–H groups in total. The molecule has 3 atom stereocenters. The molecule has 0 bridgehead atoms. The number of pyridine rings is 1. The van der Waals surface area contributed by atoms with E-state index in [-0.39, 0.29) is 21.8 Å². The lowest BCUT2D eigenvalue weighted by molar-refractivity contribution is -0.141. The number of hydrogen-bond acceptors (Lipinski definition) is 5. The van der Waals surface area contributed by atoms with E-state index in [9.17, 15) is 39.6 Å². The van der Waals surface area contributed by atoms with Crippen LogP contribution in [0.5, 0.6) is 0 Å². The summed E-state index contributed by atoms with van der Waals surface area (Å²) in [6, 6.07) is 2.99. The third kappa shape index (κ3) is 5.25. The lowest BCUT2D eigenvalue weighted by atomic mass is 10.1. The Morgan fingerprint density at radius 3 is 2.42 bits per heavy atom. The highest BCUT2D eigenvalue weighted by molar-refractivity contribution is 7.89. The highest BCUT2D eigenvalue weighted by Gasteiger charge is 2.49. The molecule has 1 amide bonds. The SMILES string of the molecule is CC1C(F)CC(C(=O)NCc2cc(-c3cc(C(F)(F)F)nn3C)ncc2F)N1S(=O)(=O)c1ccc(F)cc1. The first-order valence-electron chi connectivity index (χ1n) is 11.2. The van der Waals surface area contributed by atoms with E-state index in [1.807, 2.05) is 0 Å². The lowest BCUT2D eigenvalue weighted by Crippen LogP contribution is -2.48. The maximum absolute atomic E-state index is 14.6. The van der Waals surface area contributed by atoms with Crippen molar-refractivity contribution >= 4 is 15.9 Å². The zero-order valence-electron chi connectivity index (χ0n) is 19.9. The quantitative estimate of drug-likeness (QED) is 0.464. The molecule has 1 saturated heterocycles. The second-order valence-electron chi connectivity index (χ2n) is 8.71. The number of halogens is 6. The van der Waals surface area contributed by atoms with Gasteiger partial charge in [-0.05, 0) is 43.3 Å². The molecular formula is C23H21F6N5O3S. The van der Waals surface area contributed by atoms with Gasteiger partial charge in [0.2, 0.25) is 15.9 Å². The summed E-state index contributed by atoms with van der Waals surface area (Å²) in [4.78, 5) is 16.4. The molecule has 3 heterocycles. The summed E-state index contributed by atoms with van der Waals surface area (Å²) >= 11 is 0. The molecule has 1 aromatic carbocycles. The number of nitrogens with zero attached hydrogens (tertiary/aromatic N) is 4. The summed E-state index contributed by atoms with van der Waals surface area (Å²) in [5.41, 5.74) is -1.45. The third-order valence-electron chi connectivity index (χ3n) is 6.19. The minimum Gasteiger partial charge on any atom is -0.351 e. The number of rotatable bonds is 6. The lowest BCUT2D eigenvalue weighted by Gasteiger charge is -2.27. The van der Waals surface area contributed by atoms with E-state index in [1.165, 1.54) is 14.0 Å². The molecule has 38 heavy (non-hydrogen) atoms. The number of carbonyl (C=O) groups is 1. The second-order valence-corrected chi connectivity index (χ2v) is 10.6. The van der Waals surface area contributed by atoms with Gasteiger partial charge in [-0.15, -0.1) is 0 Å². The van der Waals surface area contributed by atoms with Crippen LogP contribution in [0.15, 0.2) is 47.5 Å². The third-order valence-corrected chi connectivity index (χ3v) is 8.20. The molecule has 1 fully saturated rings. The van der Waals surface area contributed by atoms with Crippen molar-refractivity contribution in [3.8, 4) is 11.4 Å². The van der Waals surface area contributed by atoms with Gasteiger partial charge in [0.05, 0.1) is 28.5 Å². The number of nitrogens with one attached hydrogen (secondary N) is 1. The first-order chi connectivity index (χ1) is 17.7. The number of carbonyl (C=O) groups excluding carboxylic acids is 1. The van der Waals surface area contributed by atoms with Crippen molar-refractivity contribution in [3.05, 3.63) is 65.5 Å². The molecule has 0 aliphatic carbocycles. The van der Waals surface area contributed by atoms with E-state index in [4.69, 9.17) is 0 Å². The number of alkyl halides is 4. The number of sulfonamides is 1. The van der Waals surface area contributed by atoms with E-state index < -0.39 is 70.7 Å². The number of aryl methyl sites for hydroxylation is 1. The molecule has 3 aromatic rings. The monoisotopic (exact) mass is 561 g/mol. The minimum atomic E-state index is -4.71. The van der Waals surface area contributed by atoms with Crippen LogP contribution in [0.4, 0.5) is 26.3 Å². The molecule has 8 nitrogen and oxygen atoms in total. The van der Waals surface area contributed by atoms with E-state index in [0.29, 0.717) is 4.31 Å². The maximum Gasteiger partial charge on any atom is 0.435 e. The van der Waals surface area contributed by atoms with Crippen LogP contribution in [0.3, 0.4) is 0 Å². The fraction of sp³-hybridized carbons (Fsp3) is 0.348. The zero-order valence-corrected chi connectivity index (χ0v) is 20.7. The zero-order chi connectivity index (χ0) is 28.0. The molecule has 204 valence electrons. The van der Waals surface area contributed by atoms with Gasteiger partial charge in [0, 0.05) is 25.6 Å². The van der Waals surface area contributed by atoms with Gasteiger partial charge >= 0.3 is 6.18 Å². The Hall–Kier alpha value is -3.46. The number of benzene rings is 1. The normalized spacial score (nSPS) is 20.6. The molecule has 0 spiro atoms. The summed E-state index contributed by atoms with van der Waals surface area (Å²) in [5.74, 6) is -2.48. The van der Waals surface area contributed by atoms with E-state index in [2.05, 4.69) is 15.4 Å². The van der Waals surface area contributed by atoms with Gasteiger partial charge in [-0.2, -0.15) is 22.6 Å². The van der Waals surface area contributed by atoms with Gasteiger partial charge in [0.1, 0.15) is 23.8 Å². The smallest absolute Gasteiger partial charge is 0.351 e. The van der Waals surface area contributed by atoms with Gasteiger partial charge in [0.25, 0.3) is 0 Å². The van der Waals surface area contributed by atoms with Crippen molar-refractivity contribution in [1.82, 2.24) is 24.4 Å². The van der Waals surface area contributed by atoms with Crippen LogP contribution in [0.1, 0.15) is 24.6 Å². The number of aromatic nitrogens is 3. The average Bonchev–Trinajstić information content (AvgIpc) is 3.38. The van der Waals surface area contributed by atoms with E-state index in [1.54, 1.807) is 0 Å². The van der Waals surface area contributed by atoms with Crippen molar-refractivity contribution in [2.24, 2.45) is 7.05 Å². The van der Waals surface area contributed by atoms with Crippen LogP contribution < -0.4 is 5.32 Å². The van der Waals surface area contributed by atoms with E-state index >= 15 is 0 Å². The fourth-order valence-corrected chi connectivity index (χ4v) is 6.01. The molecule has 2 aromatic heterocycles. The van der Waals surface area contributed by atoms with E-state index in [0.717, 1.165) is 47.3 Å². The molecule has 15 heteroatoms. The van der Waals surface area contributed by atoms with Crippen molar-refractivity contribution in [2.75, 3.05) is 0 Å². The Kier molecular flexibility index (Phi) is 7.27. The fourth-order valence-electron chi connectivity index (χ4n) is 4.20. The topological polar surface area (TPSA) is 97.2 Å². The molecule has 3 unspecified atom stereocenters. The summed E-state index contributed by atoms with van der Waals surface area (Å²) in [6.07, 6.45) is -6.10. The van der Waals surface area contributed by atoms with Crippen LogP contribution in [0, 0.1) is 11.6 Å². The van der Waals surface area contributed by atoms with Crippen LogP contribution in [0.2, 0.25) is 0 Å². The summed E-state index contributed by atoms with van der Waals surface area (Å²) in [6.45, 7) is 0.799. The first kappa shape index (κ1) is 27.6. The summed E-state index contributed by atoms with van der Waals surface area (Å²) in [5, 5.41) is 5.75. The summed E-state index contributed by atoms with van der Waals surface area (Å²) < 4.78 is 109. The number of amides is 1. The Morgan fingerprint density at radius 1 is 1.16 bits per heavy atom. The second kappa shape index (κ2) is 10.0. The molecule has 1 aliphatic heterocycles.